The van der Waals surface area contributed by atoms with Crippen LogP contribution in [0.5, 0.6) is 0 Å². The maximum absolute atomic E-state index is 13.4. The third-order valence-corrected chi connectivity index (χ3v) is 7.21. The zero-order valence-corrected chi connectivity index (χ0v) is 20.7. The number of piperazine rings is 1. The SMILES string of the molecule is CC(=O)N1CCN(c2cncc(-c3cc(C4CN(C)NC4C)c4c(N)ncnn34)c2)C(=O)C1(C)C. The molecule has 35 heavy (non-hydrogen) atoms. The lowest BCUT2D eigenvalue weighted by atomic mass is 9.94. The number of nitrogens with two attached hydrogens (primary N) is 1. The van der Waals surface area contributed by atoms with E-state index in [-0.39, 0.29) is 23.8 Å². The Morgan fingerprint density at radius 3 is 2.69 bits per heavy atom. The molecule has 3 N–H and O–H groups in total. The van der Waals surface area contributed by atoms with Gasteiger partial charge in [0, 0.05) is 57.3 Å². The molecule has 0 bridgehead atoms. The van der Waals surface area contributed by atoms with Crippen molar-refractivity contribution in [3.63, 3.8) is 0 Å². The highest BCUT2D eigenvalue weighted by atomic mass is 16.2. The second-order valence-corrected chi connectivity index (χ2v) is 9.91. The number of nitrogen functional groups attached to an aromatic ring is 1. The van der Waals surface area contributed by atoms with Gasteiger partial charge in [-0.2, -0.15) is 5.10 Å². The molecule has 5 rings (SSSR count). The van der Waals surface area contributed by atoms with E-state index in [9.17, 15) is 9.59 Å². The molecule has 0 radical (unpaired) electrons. The number of fused-ring (bicyclic) bond motifs is 1. The van der Waals surface area contributed by atoms with Crippen LogP contribution in [0.2, 0.25) is 0 Å². The number of aromatic nitrogens is 4. The molecule has 0 saturated carbocycles. The van der Waals surface area contributed by atoms with Gasteiger partial charge in [-0.1, -0.05) is 0 Å². The van der Waals surface area contributed by atoms with Gasteiger partial charge in [0.1, 0.15) is 17.4 Å². The highest BCUT2D eigenvalue weighted by molar-refractivity contribution is 6.03. The quantitative estimate of drug-likeness (QED) is 0.578. The minimum absolute atomic E-state index is 0.111. The third kappa shape index (κ3) is 3.71. The van der Waals surface area contributed by atoms with Gasteiger partial charge >= 0.3 is 0 Å². The van der Waals surface area contributed by atoms with Gasteiger partial charge in [-0.15, -0.1) is 0 Å². The molecular formula is C24H31N9O2. The van der Waals surface area contributed by atoms with Crippen LogP contribution >= 0.6 is 0 Å². The number of amides is 2. The van der Waals surface area contributed by atoms with Crippen LogP contribution in [-0.2, 0) is 9.59 Å². The summed E-state index contributed by atoms with van der Waals surface area (Å²) < 4.78 is 1.81. The van der Waals surface area contributed by atoms with Crippen molar-refractivity contribution in [1.82, 2.24) is 34.9 Å². The Labute approximate surface area is 203 Å². The summed E-state index contributed by atoms with van der Waals surface area (Å²) in [6.07, 6.45) is 4.89. The first kappa shape index (κ1) is 23.2. The van der Waals surface area contributed by atoms with Crippen molar-refractivity contribution in [2.24, 2.45) is 0 Å². The van der Waals surface area contributed by atoms with Crippen LogP contribution in [0.15, 0.2) is 30.9 Å². The zero-order valence-electron chi connectivity index (χ0n) is 20.7. The van der Waals surface area contributed by atoms with E-state index in [0.29, 0.717) is 24.6 Å². The summed E-state index contributed by atoms with van der Waals surface area (Å²) >= 11 is 0. The van der Waals surface area contributed by atoms with Crippen LogP contribution in [-0.4, -0.2) is 79.6 Å². The van der Waals surface area contributed by atoms with Crippen LogP contribution in [0.25, 0.3) is 16.8 Å². The predicted octanol–water partition coefficient (Wildman–Crippen LogP) is 1.27. The summed E-state index contributed by atoms with van der Waals surface area (Å²) in [6, 6.07) is 4.26. The summed E-state index contributed by atoms with van der Waals surface area (Å²) in [5.41, 5.74) is 13.0. The largest absolute Gasteiger partial charge is 0.382 e. The van der Waals surface area contributed by atoms with E-state index in [4.69, 9.17) is 5.73 Å². The second kappa shape index (κ2) is 8.28. The summed E-state index contributed by atoms with van der Waals surface area (Å²) in [7, 11) is 2.02. The lowest BCUT2D eigenvalue weighted by molar-refractivity contribution is -0.145. The smallest absolute Gasteiger partial charge is 0.252 e. The predicted molar refractivity (Wildman–Crippen MR) is 132 cm³/mol. The monoisotopic (exact) mass is 477 g/mol. The number of nitrogens with zero attached hydrogens (tertiary/aromatic N) is 7. The molecule has 184 valence electrons. The van der Waals surface area contributed by atoms with E-state index in [0.717, 1.165) is 28.9 Å². The molecule has 0 aliphatic carbocycles. The molecule has 11 nitrogen and oxygen atoms in total. The number of likely N-dealkylation sites (N-methyl/N-ethyl adjacent to an activating group) is 1. The Morgan fingerprint density at radius 1 is 1.23 bits per heavy atom. The number of carbonyl (C=O) groups is 2. The summed E-state index contributed by atoms with van der Waals surface area (Å²) in [6.45, 7) is 8.89. The van der Waals surface area contributed by atoms with Gasteiger partial charge < -0.3 is 15.5 Å². The normalized spacial score (nSPS) is 22.8. The molecule has 3 aromatic rings. The van der Waals surface area contributed by atoms with Crippen molar-refractivity contribution in [2.45, 2.75) is 45.2 Å². The van der Waals surface area contributed by atoms with Gasteiger partial charge in [0.05, 0.1) is 17.6 Å². The van der Waals surface area contributed by atoms with Crippen molar-refractivity contribution in [2.75, 3.05) is 37.3 Å². The Morgan fingerprint density at radius 2 is 2.00 bits per heavy atom. The number of hydrogen-bond donors (Lipinski definition) is 2. The molecule has 2 aliphatic heterocycles. The number of pyridine rings is 1. The average Bonchev–Trinajstić information content (AvgIpc) is 3.35. The maximum atomic E-state index is 13.4. The van der Waals surface area contributed by atoms with Crippen molar-refractivity contribution in [1.29, 1.82) is 0 Å². The Bertz CT molecular complexity index is 1320. The molecular weight excluding hydrogens is 446 g/mol. The summed E-state index contributed by atoms with van der Waals surface area (Å²) in [5.74, 6) is 0.374. The van der Waals surface area contributed by atoms with E-state index in [1.165, 1.54) is 13.3 Å². The average molecular weight is 478 g/mol. The number of rotatable bonds is 3. The first-order chi connectivity index (χ1) is 16.6. The summed E-state index contributed by atoms with van der Waals surface area (Å²) in [4.78, 5) is 37.4. The third-order valence-electron chi connectivity index (χ3n) is 7.21. The molecule has 5 heterocycles. The Hall–Kier alpha value is -3.57. The standard InChI is InChI=1S/C24H31N9O2/c1-14-19(12-30(5)29-14)18-9-20(33-21(18)22(25)27-13-28-33)16-8-17(11-26-10-16)31-6-7-32(15(2)34)24(3,4)23(31)35/h8-11,13-14,19,29H,6-7,12H2,1-5H3,(H2,25,27,28). The number of carbonyl (C=O) groups excluding carboxylic acids is 2. The molecule has 3 aromatic heterocycles. The lowest BCUT2D eigenvalue weighted by Gasteiger charge is -2.45. The first-order valence-electron chi connectivity index (χ1n) is 11.7. The highest BCUT2D eigenvalue weighted by Gasteiger charge is 2.43. The highest BCUT2D eigenvalue weighted by Crippen LogP contribution is 2.37. The topological polar surface area (TPSA) is 125 Å². The van der Waals surface area contributed by atoms with Crippen molar-refractivity contribution < 1.29 is 9.59 Å². The van der Waals surface area contributed by atoms with Crippen LogP contribution in [0.3, 0.4) is 0 Å². The second-order valence-electron chi connectivity index (χ2n) is 9.91. The lowest BCUT2D eigenvalue weighted by Crippen LogP contribution is -2.64. The number of anilines is 2. The Balaban J connectivity index is 1.57. The maximum Gasteiger partial charge on any atom is 0.252 e. The molecule has 2 amide bonds. The van der Waals surface area contributed by atoms with Gasteiger partial charge in [0.15, 0.2) is 5.82 Å². The van der Waals surface area contributed by atoms with Crippen LogP contribution < -0.4 is 16.1 Å². The van der Waals surface area contributed by atoms with E-state index >= 15 is 0 Å². The Kier molecular flexibility index (Phi) is 5.48. The first-order valence-corrected chi connectivity index (χ1v) is 11.7. The minimum Gasteiger partial charge on any atom is -0.382 e. The van der Waals surface area contributed by atoms with E-state index in [1.54, 1.807) is 36.0 Å². The van der Waals surface area contributed by atoms with E-state index in [1.807, 2.05) is 17.6 Å². The fourth-order valence-corrected chi connectivity index (χ4v) is 5.44. The van der Waals surface area contributed by atoms with Gasteiger partial charge in [-0.25, -0.2) is 14.5 Å². The van der Waals surface area contributed by atoms with Gasteiger partial charge in [0.2, 0.25) is 5.91 Å². The van der Waals surface area contributed by atoms with E-state index < -0.39 is 5.54 Å². The molecule has 2 unspecified atom stereocenters. The van der Waals surface area contributed by atoms with Crippen molar-refractivity contribution in [3.05, 3.63) is 36.4 Å². The molecule has 2 saturated heterocycles. The van der Waals surface area contributed by atoms with Gasteiger partial charge in [0.25, 0.3) is 5.91 Å². The molecule has 11 heteroatoms. The fourth-order valence-electron chi connectivity index (χ4n) is 5.44. The van der Waals surface area contributed by atoms with Crippen LogP contribution in [0, 0.1) is 0 Å². The van der Waals surface area contributed by atoms with Crippen molar-refractivity contribution >= 4 is 28.8 Å². The van der Waals surface area contributed by atoms with E-state index in [2.05, 4.69) is 38.5 Å². The zero-order chi connectivity index (χ0) is 25.1. The number of nitrogens with one attached hydrogen (secondary N) is 1. The van der Waals surface area contributed by atoms with Crippen LogP contribution in [0.1, 0.15) is 39.2 Å². The van der Waals surface area contributed by atoms with Gasteiger partial charge in [-0.3, -0.25) is 20.0 Å². The summed E-state index contributed by atoms with van der Waals surface area (Å²) in [5, 5.41) is 6.58. The molecule has 0 aromatic carbocycles. The number of hydrazine groups is 1. The van der Waals surface area contributed by atoms with Crippen LogP contribution in [0.4, 0.5) is 11.5 Å². The fraction of sp³-hybridized carbons (Fsp3) is 0.458. The molecule has 0 spiro atoms. The van der Waals surface area contributed by atoms with Gasteiger partial charge in [-0.05, 0) is 38.5 Å². The molecule has 2 fully saturated rings. The minimum atomic E-state index is -0.936. The molecule has 2 aliphatic rings. The molecule has 2 atom stereocenters. The van der Waals surface area contributed by atoms with Crippen molar-refractivity contribution in [3.8, 4) is 11.3 Å². The number of hydrogen-bond acceptors (Lipinski definition) is 8.